The molecule has 24 heavy (non-hydrogen) atoms. The van der Waals surface area contributed by atoms with Crippen LogP contribution in [0.4, 0.5) is 5.69 Å². The molecule has 0 amide bonds. The van der Waals surface area contributed by atoms with Crippen LogP contribution in [-0.4, -0.2) is 14.7 Å². The maximum atomic E-state index is 12.0. The fourth-order valence-electron chi connectivity index (χ4n) is 2.19. The number of nitrogens with zero attached hydrogens (tertiary/aromatic N) is 3. The van der Waals surface area contributed by atoms with Crippen molar-refractivity contribution in [3.8, 4) is 0 Å². The topological polar surface area (TPSA) is 86.9 Å². The monoisotopic (exact) mass is 364 g/mol. The largest absolute Gasteiger partial charge is 0.397 e. The van der Waals surface area contributed by atoms with Crippen LogP contribution in [0, 0.1) is 0 Å². The van der Waals surface area contributed by atoms with Crippen molar-refractivity contribution >= 4 is 28.9 Å². The van der Waals surface area contributed by atoms with Gasteiger partial charge in [0.25, 0.3) is 5.56 Å². The van der Waals surface area contributed by atoms with E-state index in [0.717, 1.165) is 12.0 Å². The average Bonchev–Trinajstić information content (AvgIpc) is 3.02. The fraction of sp³-hybridized carbons (Fsp3) is 0.188. The molecule has 0 atom stereocenters. The predicted molar refractivity (Wildman–Crippen MR) is 92.4 cm³/mol. The first kappa shape index (κ1) is 16.5. The number of benzene rings is 1. The molecule has 0 saturated carbocycles. The summed E-state index contributed by atoms with van der Waals surface area (Å²) in [7, 11) is 0. The van der Waals surface area contributed by atoms with Crippen LogP contribution in [0.2, 0.25) is 10.0 Å². The van der Waals surface area contributed by atoms with Gasteiger partial charge in [0.2, 0.25) is 5.89 Å². The van der Waals surface area contributed by atoms with E-state index < -0.39 is 5.56 Å². The summed E-state index contributed by atoms with van der Waals surface area (Å²) in [6, 6.07) is 9.16. The van der Waals surface area contributed by atoms with Gasteiger partial charge in [0.1, 0.15) is 11.6 Å². The second-order valence-electron chi connectivity index (χ2n) is 5.25. The third-order valence-electron chi connectivity index (χ3n) is 3.50. The van der Waals surface area contributed by atoms with Gasteiger partial charge in [-0.05, 0) is 30.2 Å². The van der Waals surface area contributed by atoms with Crippen LogP contribution in [0.15, 0.2) is 45.8 Å². The normalized spacial score (nSPS) is 10.9. The molecule has 2 aromatic heterocycles. The number of hydrogen-bond donors (Lipinski definition) is 1. The van der Waals surface area contributed by atoms with Crippen molar-refractivity contribution < 1.29 is 4.52 Å². The first-order valence-electron chi connectivity index (χ1n) is 7.23. The lowest BCUT2D eigenvalue weighted by Gasteiger charge is -2.03. The number of halogens is 2. The van der Waals surface area contributed by atoms with Crippen LogP contribution in [0.3, 0.4) is 0 Å². The highest BCUT2D eigenvalue weighted by Gasteiger charge is 2.11. The summed E-state index contributed by atoms with van der Waals surface area (Å²) in [6.07, 6.45) is 2.94. The van der Waals surface area contributed by atoms with Gasteiger partial charge >= 0.3 is 0 Å². The molecular formula is C16H14Cl2N4O2. The van der Waals surface area contributed by atoms with E-state index in [-0.39, 0.29) is 17.3 Å². The summed E-state index contributed by atoms with van der Waals surface area (Å²) in [5.41, 5.74) is 6.57. The Morgan fingerprint density at radius 1 is 1.12 bits per heavy atom. The van der Waals surface area contributed by atoms with E-state index in [4.69, 9.17) is 33.5 Å². The van der Waals surface area contributed by atoms with Crippen molar-refractivity contribution in [2.75, 3.05) is 5.73 Å². The Hall–Kier alpha value is -2.31. The molecule has 0 aliphatic heterocycles. The minimum atomic E-state index is -0.391. The molecule has 0 bridgehead atoms. The van der Waals surface area contributed by atoms with Crippen molar-refractivity contribution in [2.24, 2.45) is 0 Å². The Morgan fingerprint density at radius 3 is 2.62 bits per heavy atom. The Balaban J connectivity index is 1.66. The third-order valence-corrected chi connectivity index (χ3v) is 4.13. The number of aryl methyl sites for hydroxylation is 2. The van der Waals surface area contributed by atoms with Gasteiger partial charge in [0.15, 0.2) is 5.82 Å². The smallest absolute Gasteiger partial charge is 0.271 e. The van der Waals surface area contributed by atoms with Crippen LogP contribution in [0.5, 0.6) is 0 Å². The van der Waals surface area contributed by atoms with E-state index in [1.54, 1.807) is 12.3 Å². The predicted octanol–water partition coefficient (Wildman–Crippen LogP) is 2.95. The van der Waals surface area contributed by atoms with Gasteiger partial charge in [-0.25, -0.2) is 0 Å². The van der Waals surface area contributed by atoms with Crippen LogP contribution >= 0.6 is 23.2 Å². The molecule has 0 fully saturated rings. The second kappa shape index (κ2) is 7.07. The van der Waals surface area contributed by atoms with Gasteiger partial charge < -0.3 is 14.8 Å². The molecule has 0 spiro atoms. The molecule has 1 aromatic carbocycles. The molecule has 2 N–H and O–H groups in total. The van der Waals surface area contributed by atoms with Crippen LogP contribution in [0.1, 0.15) is 17.3 Å². The van der Waals surface area contributed by atoms with Gasteiger partial charge in [-0.15, -0.1) is 0 Å². The molecule has 3 aromatic rings. The molecule has 124 valence electrons. The van der Waals surface area contributed by atoms with Crippen molar-refractivity contribution in [3.05, 3.63) is 74.2 Å². The maximum absolute atomic E-state index is 12.0. The highest BCUT2D eigenvalue weighted by molar-refractivity contribution is 6.32. The van der Waals surface area contributed by atoms with Gasteiger partial charge in [0, 0.05) is 17.6 Å². The standard InChI is InChI=1S/C16H14Cl2N4O2/c17-11-4-1-10(2-5-11)3-6-13-20-14(24-21-13)9-22-8-7-12(19)15(18)16(22)23/h1-2,4-5,7-8H,3,6,9,19H2. The lowest BCUT2D eigenvalue weighted by Crippen LogP contribution is -2.21. The third kappa shape index (κ3) is 3.77. The highest BCUT2D eigenvalue weighted by Crippen LogP contribution is 2.13. The Labute approximate surface area is 147 Å². The summed E-state index contributed by atoms with van der Waals surface area (Å²) in [4.78, 5) is 16.3. The first-order chi connectivity index (χ1) is 11.5. The van der Waals surface area contributed by atoms with Crippen molar-refractivity contribution in [1.29, 1.82) is 0 Å². The zero-order chi connectivity index (χ0) is 17.1. The molecule has 6 nitrogen and oxygen atoms in total. The zero-order valence-corrected chi connectivity index (χ0v) is 14.1. The number of aromatic nitrogens is 3. The average molecular weight is 365 g/mol. The molecule has 0 aliphatic carbocycles. The molecule has 2 heterocycles. The number of pyridine rings is 1. The van der Waals surface area contributed by atoms with Crippen molar-refractivity contribution in [1.82, 2.24) is 14.7 Å². The molecule has 3 rings (SSSR count). The fourth-order valence-corrected chi connectivity index (χ4v) is 2.49. The summed E-state index contributed by atoms with van der Waals surface area (Å²) in [6.45, 7) is 0.146. The van der Waals surface area contributed by atoms with E-state index in [9.17, 15) is 4.79 Å². The summed E-state index contributed by atoms with van der Waals surface area (Å²) < 4.78 is 6.56. The molecular weight excluding hydrogens is 351 g/mol. The SMILES string of the molecule is Nc1ccn(Cc2nc(CCc3ccc(Cl)cc3)no2)c(=O)c1Cl. The lowest BCUT2D eigenvalue weighted by atomic mass is 10.1. The highest BCUT2D eigenvalue weighted by atomic mass is 35.5. The summed E-state index contributed by atoms with van der Waals surface area (Å²) in [5, 5.41) is 4.62. The van der Waals surface area contributed by atoms with Crippen LogP contribution in [0.25, 0.3) is 0 Å². The Kier molecular flexibility index (Phi) is 4.87. The summed E-state index contributed by atoms with van der Waals surface area (Å²) >= 11 is 11.7. The minimum absolute atomic E-state index is 0.0139. The lowest BCUT2D eigenvalue weighted by molar-refractivity contribution is 0.365. The number of anilines is 1. The second-order valence-corrected chi connectivity index (χ2v) is 6.06. The van der Waals surface area contributed by atoms with E-state index in [0.29, 0.717) is 23.2 Å². The maximum Gasteiger partial charge on any atom is 0.271 e. The van der Waals surface area contributed by atoms with Gasteiger partial charge in [-0.3, -0.25) is 4.79 Å². The number of hydrogen-bond acceptors (Lipinski definition) is 5. The number of rotatable bonds is 5. The van der Waals surface area contributed by atoms with Crippen LogP contribution < -0.4 is 11.3 Å². The van der Waals surface area contributed by atoms with E-state index in [2.05, 4.69) is 10.1 Å². The van der Waals surface area contributed by atoms with E-state index in [1.165, 1.54) is 4.57 Å². The molecule has 0 radical (unpaired) electrons. The number of nitrogens with two attached hydrogens (primary N) is 1. The number of nitrogen functional groups attached to an aromatic ring is 1. The molecule has 0 saturated heterocycles. The van der Waals surface area contributed by atoms with E-state index >= 15 is 0 Å². The summed E-state index contributed by atoms with van der Waals surface area (Å²) in [5.74, 6) is 0.915. The Bertz CT molecular complexity index is 903. The minimum Gasteiger partial charge on any atom is -0.397 e. The van der Waals surface area contributed by atoms with E-state index in [1.807, 2.05) is 24.3 Å². The van der Waals surface area contributed by atoms with Crippen molar-refractivity contribution in [2.45, 2.75) is 19.4 Å². The Morgan fingerprint density at radius 2 is 1.88 bits per heavy atom. The van der Waals surface area contributed by atoms with Crippen molar-refractivity contribution in [3.63, 3.8) is 0 Å². The first-order valence-corrected chi connectivity index (χ1v) is 7.99. The zero-order valence-electron chi connectivity index (χ0n) is 12.6. The molecule has 8 heteroatoms. The van der Waals surface area contributed by atoms with Gasteiger partial charge in [-0.2, -0.15) is 4.98 Å². The molecule has 0 aliphatic rings. The molecule has 0 unspecified atom stereocenters. The van der Waals surface area contributed by atoms with Gasteiger partial charge in [-0.1, -0.05) is 40.5 Å². The van der Waals surface area contributed by atoms with Crippen LogP contribution in [-0.2, 0) is 19.4 Å². The van der Waals surface area contributed by atoms with Gasteiger partial charge in [0.05, 0.1) is 5.69 Å². The quantitative estimate of drug-likeness (QED) is 0.751.